The molecule has 0 amide bonds. The third-order valence-electron chi connectivity index (χ3n) is 5.64. The number of halogens is 4. The van der Waals surface area contributed by atoms with Gasteiger partial charge in [-0.15, -0.1) is 0 Å². The number of methoxy groups -OCH3 is 1. The standard InChI is InChI=1S/C21H21F4NO2/c1-27-11-14-10-26(9-13-2-4-15(5-3-13)21(23,24)25)20-17-8-16(22)6-7-19(17)28-12-18(14)20/h2-8,14,18,20H,9-12H2,1H3/t14-,18-,20-/m0/s1. The molecule has 2 aliphatic heterocycles. The van der Waals surface area contributed by atoms with Crippen molar-refractivity contribution >= 4 is 0 Å². The Morgan fingerprint density at radius 1 is 1.14 bits per heavy atom. The highest BCUT2D eigenvalue weighted by Crippen LogP contribution is 2.48. The number of nitrogens with zero attached hydrogens (tertiary/aromatic N) is 1. The fraction of sp³-hybridized carbons (Fsp3) is 0.429. The molecule has 0 aromatic heterocycles. The van der Waals surface area contributed by atoms with Crippen molar-refractivity contribution in [2.75, 3.05) is 26.9 Å². The number of ether oxygens (including phenoxy) is 2. The minimum absolute atomic E-state index is 0.0538. The summed E-state index contributed by atoms with van der Waals surface area (Å²) in [7, 11) is 1.64. The molecule has 0 aliphatic carbocycles. The van der Waals surface area contributed by atoms with Crippen LogP contribution in [0.25, 0.3) is 0 Å². The summed E-state index contributed by atoms with van der Waals surface area (Å²) >= 11 is 0. The lowest BCUT2D eigenvalue weighted by Gasteiger charge is -2.34. The summed E-state index contributed by atoms with van der Waals surface area (Å²) in [5.41, 5.74) is 0.919. The highest BCUT2D eigenvalue weighted by Gasteiger charge is 2.46. The Kier molecular flexibility index (Phi) is 5.05. The Labute approximate surface area is 160 Å². The Bertz CT molecular complexity index is 837. The number of hydrogen-bond donors (Lipinski definition) is 0. The molecule has 2 aliphatic rings. The van der Waals surface area contributed by atoms with E-state index in [2.05, 4.69) is 4.90 Å². The first kappa shape index (κ1) is 19.2. The van der Waals surface area contributed by atoms with E-state index >= 15 is 0 Å². The van der Waals surface area contributed by atoms with E-state index < -0.39 is 11.7 Å². The zero-order chi connectivity index (χ0) is 19.9. The maximum Gasteiger partial charge on any atom is 0.416 e. The third kappa shape index (κ3) is 3.61. The van der Waals surface area contributed by atoms with E-state index in [1.54, 1.807) is 13.2 Å². The van der Waals surface area contributed by atoms with Gasteiger partial charge in [-0.1, -0.05) is 12.1 Å². The fourth-order valence-electron chi connectivity index (χ4n) is 4.39. The van der Waals surface area contributed by atoms with Crippen molar-refractivity contribution < 1.29 is 27.0 Å². The molecule has 1 fully saturated rings. The predicted octanol–water partition coefficient (Wildman–Crippen LogP) is 4.67. The van der Waals surface area contributed by atoms with Crippen LogP contribution in [0.1, 0.15) is 22.7 Å². The summed E-state index contributed by atoms with van der Waals surface area (Å²) < 4.78 is 63.5. The van der Waals surface area contributed by atoms with Gasteiger partial charge in [0, 0.05) is 43.6 Å². The third-order valence-corrected chi connectivity index (χ3v) is 5.64. The van der Waals surface area contributed by atoms with Gasteiger partial charge in [0.05, 0.1) is 18.8 Å². The molecule has 3 nitrogen and oxygen atoms in total. The second kappa shape index (κ2) is 7.37. The SMILES string of the molecule is COC[C@@H]1CN(Cc2ccc(C(F)(F)F)cc2)[C@H]2c3cc(F)ccc3OC[C@@H]12. The largest absolute Gasteiger partial charge is 0.493 e. The Balaban J connectivity index is 1.62. The van der Waals surface area contributed by atoms with Crippen LogP contribution in [-0.4, -0.2) is 31.8 Å². The molecule has 2 heterocycles. The predicted molar refractivity (Wildman–Crippen MR) is 95.3 cm³/mol. The van der Waals surface area contributed by atoms with Gasteiger partial charge in [-0.3, -0.25) is 4.90 Å². The van der Waals surface area contributed by atoms with Crippen LogP contribution in [0.3, 0.4) is 0 Å². The van der Waals surface area contributed by atoms with E-state index in [-0.39, 0.29) is 23.7 Å². The van der Waals surface area contributed by atoms with Crippen LogP contribution in [0.15, 0.2) is 42.5 Å². The number of fused-ring (bicyclic) bond motifs is 3. The highest BCUT2D eigenvalue weighted by molar-refractivity contribution is 5.40. The molecule has 28 heavy (non-hydrogen) atoms. The van der Waals surface area contributed by atoms with Gasteiger partial charge in [-0.05, 0) is 35.9 Å². The van der Waals surface area contributed by atoms with Crippen molar-refractivity contribution in [1.82, 2.24) is 4.90 Å². The minimum Gasteiger partial charge on any atom is -0.493 e. The molecule has 0 saturated carbocycles. The number of alkyl halides is 3. The van der Waals surface area contributed by atoms with E-state index in [1.165, 1.54) is 24.3 Å². The molecule has 0 radical (unpaired) electrons. The van der Waals surface area contributed by atoms with Crippen molar-refractivity contribution in [2.45, 2.75) is 18.8 Å². The van der Waals surface area contributed by atoms with E-state index in [4.69, 9.17) is 9.47 Å². The molecule has 3 atom stereocenters. The van der Waals surface area contributed by atoms with Gasteiger partial charge in [-0.25, -0.2) is 4.39 Å². The lowest BCUT2D eigenvalue weighted by atomic mass is 9.85. The zero-order valence-corrected chi connectivity index (χ0v) is 15.4. The molecule has 4 rings (SSSR count). The molecular formula is C21H21F4NO2. The number of likely N-dealkylation sites (tertiary alicyclic amines) is 1. The monoisotopic (exact) mass is 395 g/mol. The van der Waals surface area contributed by atoms with Crippen LogP contribution in [0, 0.1) is 17.7 Å². The van der Waals surface area contributed by atoms with Crippen LogP contribution >= 0.6 is 0 Å². The number of rotatable bonds is 4. The molecule has 150 valence electrons. The number of benzene rings is 2. The van der Waals surface area contributed by atoms with E-state index in [0.717, 1.165) is 23.3 Å². The molecule has 2 aromatic carbocycles. The van der Waals surface area contributed by atoms with Gasteiger partial charge in [0.2, 0.25) is 0 Å². The average Bonchev–Trinajstić information content (AvgIpc) is 2.99. The average molecular weight is 395 g/mol. The summed E-state index contributed by atoms with van der Waals surface area (Å²) in [4.78, 5) is 2.19. The van der Waals surface area contributed by atoms with Gasteiger partial charge in [0.1, 0.15) is 11.6 Å². The number of hydrogen-bond acceptors (Lipinski definition) is 3. The van der Waals surface area contributed by atoms with Crippen LogP contribution in [0.2, 0.25) is 0 Å². The normalized spacial score (nSPS) is 24.5. The van der Waals surface area contributed by atoms with Gasteiger partial charge >= 0.3 is 6.18 Å². The highest BCUT2D eigenvalue weighted by atomic mass is 19.4. The van der Waals surface area contributed by atoms with E-state index in [1.807, 2.05) is 0 Å². The van der Waals surface area contributed by atoms with Crippen molar-refractivity contribution in [3.8, 4) is 5.75 Å². The van der Waals surface area contributed by atoms with Crippen molar-refractivity contribution in [1.29, 1.82) is 0 Å². The Morgan fingerprint density at radius 3 is 2.57 bits per heavy atom. The van der Waals surface area contributed by atoms with Crippen LogP contribution < -0.4 is 4.74 Å². The minimum atomic E-state index is -4.35. The van der Waals surface area contributed by atoms with Crippen LogP contribution in [0.4, 0.5) is 17.6 Å². The summed E-state index contributed by atoms with van der Waals surface area (Å²) in [5, 5.41) is 0. The lowest BCUT2D eigenvalue weighted by Crippen LogP contribution is -2.32. The first-order valence-corrected chi connectivity index (χ1v) is 9.18. The Morgan fingerprint density at radius 2 is 1.89 bits per heavy atom. The molecule has 0 unspecified atom stereocenters. The second-order valence-corrected chi connectivity index (χ2v) is 7.44. The molecule has 0 N–H and O–H groups in total. The van der Waals surface area contributed by atoms with Crippen molar-refractivity contribution in [2.24, 2.45) is 11.8 Å². The summed E-state index contributed by atoms with van der Waals surface area (Å²) in [6.45, 7) is 2.26. The van der Waals surface area contributed by atoms with Crippen LogP contribution in [0.5, 0.6) is 5.75 Å². The molecular weight excluding hydrogens is 374 g/mol. The first-order chi connectivity index (χ1) is 13.4. The van der Waals surface area contributed by atoms with Crippen LogP contribution in [-0.2, 0) is 17.5 Å². The van der Waals surface area contributed by atoms with E-state index in [9.17, 15) is 17.6 Å². The first-order valence-electron chi connectivity index (χ1n) is 9.18. The summed E-state index contributed by atoms with van der Waals surface area (Å²) in [5.74, 6) is 0.690. The van der Waals surface area contributed by atoms with Crippen molar-refractivity contribution in [3.05, 3.63) is 65.0 Å². The van der Waals surface area contributed by atoms with Gasteiger partial charge < -0.3 is 9.47 Å². The maximum absolute atomic E-state index is 13.9. The summed E-state index contributed by atoms with van der Waals surface area (Å²) in [6.07, 6.45) is -4.35. The lowest BCUT2D eigenvalue weighted by molar-refractivity contribution is -0.137. The molecule has 0 spiro atoms. The van der Waals surface area contributed by atoms with Gasteiger partial charge in [0.25, 0.3) is 0 Å². The fourth-order valence-corrected chi connectivity index (χ4v) is 4.39. The van der Waals surface area contributed by atoms with Gasteiger partial charge in [-0.2, -0.15) is 13.2 Å². The Hall–Kier alpha value is -2.12. The summed E-state index contributed by atoms with van der Waals surface area (Å²) in [6, 6.07) is 9.69. The molecule has 1 saturated heterocycles. The van der Waals surface area contributed by atoms with E-state index in [0.29, 0.717) is 32.1 Å². The molecule has 2 aromatic rings. The smallest absolute Gasteiger partial charge is 0.416 e. The maximum atomic E-state index is 13.9. The molecule has 7 heteroatoms. The quantitative estimate of drug-likeness (QED) is 0.702. The van der Waals surface area contributed by atoms with Gasteiger partial charge in [0.15, 0.2) is 0 Å². The molecule has 0 bridgehead atoms. The topological polar surface area (TPSA) is 21.7 Å². The second-order valence-electron chi connectivity index (χ2n) is 7.44. The zero-order valence-electron chi connectivity index (χ0n) is 15.4. The van der Waals surface area contributed by atoms with Crippen molar-refractivity contribution in [3.63, 3.8) is 0 Å².